The summed E-state index contributed by atoms with van der Waals surface area (Å²) in [7, 11) is 0. The van der Waals surface area contributed by atoms with E-state index in [1.54, 1.807) is 0 Å². The van der Waals surface area contributed by atoms with Gasteiger partial charge in [0.05, 0.1) is 0 Å². The van der Waals surface area contributed by atoms with Crippen molar-refractivity contribution >= 4 is 6.02 Å². The van der Waals surface area contributed by atoms with Crippen LogP contribution in [0.2, 0.25) is 0 Å². The second kappa shape index (κ2) is 3.39. The molecule has 0 bridgehead atoms. The molecule has 0 aliphatic carbocycles. The van der Waals surface area contributed by atoms with Crippen molar-refractivity contribution in [2.45, 2.75) is 31.9 Å². The van der Waals surface area contributed by atoms with Crippen LogP contribution in [0, 0.1) is 0 Å². The molecule has 0 fully saturated rings. The standard InChI is InChI=1S/C13H16N2O2/c1-13(2)6-8-4-3-5-9(11(8)17-13)10-7-16-12(14)15-10/h3-5,10H,6-7H2,1-2H3,(H2,14,15). The van der Waals surface area contributed by atoms with E-state index in [-0.39, 0.29) is 17.7 Å². The average molecular weight is 232 g/mol. The van der Waals surface area contributed by atoms with E-state index in [2.05, 4.69) is 24.9 Å². The number of ether oxygens (including phenoxy) is 2. The van der Waals surface area contributed by atoms with Crippen LogP contribution in [0.15, 0.2) is 23.2 Å². The minimum Gasteiger partial charge on any atom is -0.487 e. The molecule has 3 rings (SSSR count). The van der Waals surface area contributed by atoms with Gasteiger partial charge in [-0.15, -0.1) is 0 Å². The molecule has 2 heterocycles. The molecule has 2 aliphatic heterocycles. The summed E-state index contributed by atoms with van der Waals surface area (Å²) in [6.07, 6.45) is 0.933. The van der Waals surface area contributed by atoms with Gasteiger partial charge in [-0.3, -0.25) is 0 Å². The molecule has 4 nitrogen and oxygen atoms in total. The van der Waals surface area contributed by atoms with E-state index < -0.39 is 0 Å². The zero-order valence-corrected chi connectivity index (χ0v) is 10.1. The summed E-state index contributed by atoms with van der Waals surface area (Å²) in [5.74, 6) is 0.963. The number of nitrogens with two attached hydrogens (primary N) is 1. The molecular formula is C13H16N2O2. The third-order valence-electron chi connectivity index (χ3n) is 3.15. The summed E-state index contributed by atoms with van der Waals surface area (Å²) in [6, 6.07) is 6.43. The summed E-state index contributed by atoms with van der Waals surface area (Å²) in [5.41, 5.74) is 7.74. The minimum absolute atomic E-state index is 0.0288. The first-order chi connectivity index (χ1) is 8.05. The monoisotopic (exact) mass is 232 g/mol. The second-order valence-electron chi connectivity index (χ2n) is 5.17. The maximum atomic E-state index is 6.01. The first-order valence-corrected chi connectivity index (χ1v) is 5.82. The lowest BCUT2D eigenvalue weighted by molar-refractivity contribution is 0.136. The molecule has 0 radical (unpaired) electrons. The normalized spacial score (nSPS) is 24.8. The first-order valence-electron chi connectivity index (χ1n) is 5.82. The molecule has 1 atom stereocenters. The lowest BCUT2D eigenvalue weighted by Gasteiger charge is -2.18. The zero-order chi connectivity index (χ0) is 12.0. The molecule has 0 aromatic heterocycles. The Balaban J connectivity index is 2.01. The van der Waals surface area contributed by atoms with Gasteiger partial charge in [0.25, 0.3) is 6.02 Å². The molecule has 1 aromatic rings. The van der Waals surface area contributed by atoms with Gasteiger partial charge < -0.3 is 15.2 Å². The Kier molecular flexibility index (Phi) is 2.08. The fourth-order valence-electron chi connectivity index (χ4n) is 2.45. The van der Waals surface area contributed by atoms with Crippen molar-refractivity contribution in [1.29, 1.82) is 0 Å². The highest BCUT2D eigenvalue weighted by Gasteiger charge is 2.34. The Labute approximate surface area is 100 Å². The third-order valence-corrected chi connectivity index (χ3v) is 3.15. The van der Waals surface area contributed by atoms with Crippen LogP contribution < -0.4 is 10.5 Å². The van der Waals surface area contributed by atoms with Crippen LogP contribution >= 0.6 is 0 Å². The average Bonchev–Trinajstić information content (AvgIpc) is 2.78. The number of aliphatic imine (C=N–C) groups is 1. The van der Waals surface area contributed by atoms with Crippen molar-refractivity contribution in [3.05, 3.63) is 29.3 Å². The number of benzene rings is 1. The van der Waals surface area contributed by atoms with Crippen LogP contribution in [0.3, 0.4) is 0 Å². The van der Waals surface area contributed by atoms with Gasteiger partial charge in [0, 0.05) is 12.0 Å². The molecule has 17 heavy (non-hydrogen) atoms. The molecule has 0 saturated heterocycles. The van der Waals surface area contributed by atoms with E-state index in [0.717, 1.165) is 17.7 Å². The van der Waals surface area contributed by atoms with Crippen LogP contribution in [0.4, 0.5) is 0 Å². The van der Waals surface area contributed by atoms with Crippen molar-refractivity contribution in [2.75, 3.05) is 6.61 Å². The summed E-state index contributed by atoms with van der Waals surface area (Å²) in [4.78, 5) is 4.28. The first kappa shape index (κ1) is 10.4. The van der Waals surface area contributed by atoms with Gasteiger partial charge in [0.15, 0.2) is 0 Å². The van der Waals surface area contributed by atoms with E-state index in [4.69, 9.17) is 15.2 Å². The van der Waals surface area contributed by atoms with Crippen LogP contribution in [-0.2, 0) is 11.2 Å². The number of para-hydroxylation sites is 1. The highest BCUT2D eigenvalue weighted by Crippen LogP contribution is 2.41. The Morgan fingerprint density at radius 1 is 1.41 bits per heavy atom. The summed E-state index contributed by atoms with van der Waals surface area (Å²) in [6.45, 7) is 4.70. The predicted octanol–water partition coefficient (Wildman–Crippen LogP) is 1.79. The minimum atomic E-state index is -0.132. The third kappa shape index (κ3) is 1.73. The molecule has 4 heteroatoms. The van der Waals surface area contributed by atoms with E-state index in [0.29, 0.717) is 6.61 Å². The van der Waals surface area contributed by atoms with Gasteiger partial charge in [-0.05, 0) is 19.4 Å². The molecule has 90 valence electrons. The number of fused-ring (bicyclic) bond motifs is 1. The summed E-state index contributed by atoms with van der Waals surface area (Å²) in [5, 5.41) is 0. The van der Waals surface area contributed by atoms with Crippen LogP contribution in [0.25, 0.3) is 0 Å². The summed E-state index contributed by atoms with van der Waals surface area (Å²) < 4.78 is 11.2. The largest absolute Gasteiger partial charge is 0.487 e. The van der Waals surface area contributed by atoms with E-state index in [1.165, 1.54) is 5.56 Å². The number of rotatable bonds is 1. The van der Waals surface area contributed by atoms with E-state index in [1.807, 2.05) is 12.1 Å². The number of hydrogen-bond acceptors (Lipinski definition) is 4. The van der Waals surface area contributed by atoms with Crippen molar-refractivity contribution in [3.63, 3.8) is 0 Å². The van der Waals surface area contributed by atoms with Crippen LogP contribution in [0.1, 0.15) is 31.0 Å². The molecule has 2 N–H and O–H groups in total. The van der Waals surface area contributed by atoms with Crippen molar-refractivity contribution in [3.8, 4) is 5.75 Å². The summed E-state index contributed by atoms with van der Waals surface area (Å²) >= 11 is 0. The molecule has 0 amide bonds. The Hall–Kier alpha value is -1.71. The maximum Gasteiger partial charge on any atom is 0.282 e. The van der Waals surface area contributed by atoms with Crippen molar-refractivity contribution < 1.29 is 9.47 Å². The predicted molar refractivity (Wildman–Crippen MR) is 65.2 cm³/mol. The van der Waals surface area contributed by atoms with Crippen molar-refractivity contribution in [2.24, 2.45) is 10.7 Å². The van der Waals surface area contributed by atoms with Gasteiger partial charge in [0.2, 0.25) is 0 Å². The van der Waals surface area contributed by atoms with Gasteiger partial charge >= 0.3 is 0 Å². The lowest BCUT2D eigenvalue weighted by Crippen LogP contribution is -2.25. The van der Waals surface area contributed by atoms with Crippen LogP contribution in [0.5, 0.6) is 5.75 Å². The fraction of sp³-hybridized carbons (Fsp3) is 0.462. The fourth-order valence-corrected chi connectivity index (χ4v) is 2.45. The van der Waals surface area contributed by atoms with E-state index >= 15 is 0 Å². The highest BCUT2D eigenvalue weighted by molar-refractivity contribution is 5.73. The van der Waals surface area contributed by atoms with Gasteiger partial charge in [0.1, 0.15) is 24.0 Å². The molecular weight excluding hydrogens is 216 g/mol. The lowest BCUT2D eigenvalue weighted by atomic mass is 9.99. The van der Waals surface area contributed by atoms with Crippen molar-refractivity contribution in [1.82, 2.24) is 0 Å². The van der Waals surface area contributed by atoms with Gasteiger partial charge in [-0.25, -0.2) is 4.99 Å². The van der Waals surface area contributed by atoms with Gasteiger partial charge in [-0.1, -0.05) is 18.2 Å². The molecule has 0 saturated carbocycles. The Bertz CT molecular complexity index is 494. The van der Waals surface area contributed by atoms with Gasteiger partial charge in [-0.2, -0.15) is 0 Å². The zero-order valence-electron chi connectivity index (χ0n) is 10.1. The highest BCUT2D eigenvalue weighted by atomic mass is 16.5. The molecule has 2 aliphatic rings. The van der Waals surface area contributed by atoms with E-state index in [9.17, 15) is 0 Å². The number of amidine groups is 1. The molecule has 1 unspecified atom stereocenters. The quantitative estimate of drug-likeness (QED) is 0.803. The molecule has 1 aromatic carbocycles. The Morgan fingerprint density at radius 3 is 2.94 bits per heavy atom. The topological polar surface area (TPSA) is 56.8 Å². The number of hydrogen-bond donors (Lipinski definition) is 1. The smallest absolute Gasteiger partial charge is 0.282 e. The second-order valence-corrected chi connectivity index (χ2v) is 5.17. The number of nitrogens with zero attached hydrogens (tertiary/aromatic N) is 1. The Morgan fingerprint density at radius 2 is 2.24 bits per heavy atom. The maximum absolute atomic E-state index is 6.01. The van der Waals surface area contributed by atoms with Crippen LogP contribution in [-0.4, -0.2) is 18.2 Å². The SMILES string of the molecule is CC1(C)Cc2cccc(C3COC(N)=N3)c2O1. The molecule has 0 spiro atoms.